The first kappa shape index (κ1) is 21.4. The van der Waals surface area contributed by atoms with E-state index in [1.807, 2.05) is 24.3 Å². The van der Waals surface area contributed by atoms with E-state index >= 15 is 0 Å². The fourth-order valence-electron chi connectivity index (χ4n) is 2.78. The summed E-state index contributed by atoms with van der Waals surface area (Å²) in [5, 5.41) is 3.18. The first-order chi connectivity index (χ1) is 14.0. The van der Waals surface area contributed by atoms with Gasteiger partial charge in [0.1, 0.15) is 16.5 Å². The molecule has 0 spiro atoms. The van der Waals surface area contributed by atoms with E-state index in [4.69, 9.17) is 16.4 Å². The van der Waals surface area contributed by atoms with Crippen molar-refractivity contribution in [3.05, 3.63) is 86.6 Å². The number of aromatic nitrogens is 1. The highest BCUT2D eigenvalue weighted by molar-refractivity contribution is 7.09. The van der Waals surface area contributed by atoms with Crippen molar-refractivity contribution in [3.63, 3.8) is 0 Å². The number of rotatable bonds is 9. The molecule has 1 aromatic heterocycles. The summed E-state index contributed by atoms with van der Waals surface area (Å²) in [7, 11) is 0. The second kappa shape index (κ2) is 10.5. The van der Waals surface area contributed by atoms with Gasteiger partial charge < -0.3 is 0 Å². The third-order valence-corrected chi connectivity index (χ3v) is 5.14. The zero-order valence-electron chi connectivity index (χ0n) is 15.9. The highest BCUT2D eigenvalue weighted by Crippen LogP contribution is 2.19. The van der Waals surface area contributed by atoms with Crippen molar-refractivity contribution >= 4 is 28.8 Å². The van der Waals surface area contributed by atoms with E-state index in [2.05, 4.69) is 15.4 Å². The average Bonchev–Trinajstić information content (AvgIpc) is 3.16. The molecule has 0 saturated heterocycles. The molecule has 29 heavy (non-hydrogen) atoms. The van der Waals surface area contributed by atoms with E-state index in [-0.39, 0.29) is 11.7 Å². The van der Waals surface area contributed by atoms with Gasteiger partial charge in [-0.1, -0.05) is 35.9 Å². The number of nitrogens with one attached hydrogen (secondary N) is 1. The summed E-state index contributed by atoms with van der Waals surface area (Å²) in [6, 6.07) is 14.1. The molecule has 0 aliphatic carbocycles. The third kappa shape index (κ3) is 6.61. The largest absolute Gasteiger partial charge is 0.294 e. The fraction of sp³-hybridized carbons (Fsp3) is 0.238. The number of hydroxylamine groups is 1. The summed E-state index contributed by atoms with van der Waals surface area (Å²) >= 11 is 7.53. The Hall–Kier alpha value is -2.32. The first-order valence-corrected chi connectivity index (χ1v) is 10.4. The van der Waals surface area contributed by atoms with Gasteiger partial charge >= 0.3 is 0 Å². The van der Waals surface area contributed by atoms with Crippen LogP contribution in [0.5, 0.6) is 0 Å². The Kier molecular flexibility index (Phi) is 7.71. The Morgan fingerprint density at radius 1 is 1.17 bits per heavy atom. The van der Waals surface area contributed by atoms with Crippen molar-refractivity contribution in [2.75, 3.05) is 6.61 Å². The molecule has 0 unspecified atom stereocenters. The van der Waals surface area contributed by atoms with Gasteiger partial charge in [-0.05, 0) is 42.3 Å². The van der Waals surface area contributed by atoms with Gasteiger partial charge in [-0.25, -0.2) is 14.9 Å². The molecule has 0 radical (unpaired) electrons. The number of nitrogens with zero attached hydrogens (tertiary/aromatic N) is 2. The molecular formula is C21H21ClFN3O2S. The number of hydrogen-bond donors (Lipinski definition) is 1. The summed E-state index contributed by atoms with van der Waals surface area (Å²) < 4.78 is 13.2. The van der Waals surface area contributed by atoms with Crippen molar-refractivity contribution in [2.24, 2.45) is 0 Å². The van der Waals surface area contributed by atoms with E-state index in [0.717, 1.165) is 16.1 Å². The average molecular weight is 434 g/mol. The van der Waals surface area contributed by atoms with Crippen LogP contribution in [0.3, 0.4) is 0 Å². The van der Waals surface area contributed by atoms with Crippen LogP contribution in [-0.4, -0.2) is 22.4 Å². The van der Waals surface area contributed by atoms with Gasteiger partial charge in [0.25, 0.3) is 5.91 Å². The number of benzene rings is 2. The zero-order chi connectivity index (χ0) is 20.6. The molecule has 3 rings (SSSR count). The molecule has 152 valence electrons. The highest BCUT2D eigenvalue weighted by atomic mass is 35.5. The minimum absolute atomic E-state index is 0.264. The Balaban J connectivity index is 1.74. The number of halogens is 2. The monoisotopic (exact) mass is 433 g/mol. The van der Waals surface area contributed by atoms with Crippen LogP contribution in [0.2, 0.25) is 5.02 Å². The Labute approximate surface area is 178 Å². The summed E-state index contributed by atoms with van der Waals surface area (Å²) in [4.78, 5) is 23.5. The molecule has 5 nitrogen and oxygen atoms in total. The summed E-state index contributed by atoms with van der Waals surface area (Å²) in [5.41, 5.74) is 4.72. The van der Waals surface area contributed by atoms with Crippen molar-refractivity contribution < 1.29 is 14.0 Å². The molecule has 3 aromatic rings. The van der Waals surface area contributed by atoms with Gasteiger partial charge in [0.2, 0.25) is 0 Å². The lowest BCUT2D eigenvalue weighted by atomic mass is 10.1. The minimum atomic E-state index is -0.366. The van der Waals surface area contributed by atoms with Crippen LogP contribution in [0.15, 0.2) is 53.9 Å². The van der Waals surface area contributed by atoms with Crippen molar-refractivity contribution in [3.8, 4) is 0 Å². The molecule has 1 heterocycles. The summed E-state index contributed by atoms with van der Waals surface area (Å²) in [6.45, 7) is 3.95. The number of carbonyl (C=O) groups is 1. The number of thiazole rings is 1. The second-order valence-corrected chi connectivity index (χ2v) is 7.77. The highest BCUT2D eigenvalue weighted by Gasteiger charge is 2.15. The summed E-state index contributed by atoms with van der Waals surface area (Å²) in [6.07, 6.45) is 0. The second-order valence-electron chi connectivity index (χ2n) is 6.39. The van der Waals surface area contributed by atoms with Crippen molar-refractivity contribution in [1.82, 2.24) is 15.4 Å². The number of amides is 1. The third-order valence-electron chi connectivity index (χ3n) is 4.07. The molecular weight excluding hydrogens is 413 g/mol. The van der Waals surface area contributed by atoms with Gasteiger partial charge in [-0.15, -0.1) is 11.3 Å². The Morgan fingerprint density at radius 2 is 1.93 bits per heavy atom. The lowest BCUT2D eigenvalue weighted by molar-refractivity contribution is 0.0360. The SMILES string of the molecule is CCONC(=O)c1csc(CN(Cc2ccc(F)cc2)Cc2cccc(Cl)c2)n1. The predicted octanol–water partition coefficient (Wildman–Crippen LogP) is 4.82. The normalized spacial score (nSPS) is 11.0. The predicted molar refractivity (Wildman–Crippen MR) is 112 cm³/mol. The molecule has 0 aliphatic heterocycles. The molecule has 1 amide bonds. The van der Waals surface area contributed by atoms with Crippen LogP contribution in [0.25, 0.3) is 0 Å². The van der Waals surface area contributed by atoms with Crippen molar-refractivity contribution in [2.45, 2.75) is 26.6 Å². The number of hydrogen-bond acceptors (Lipinski definition) is 5. The van der Waals surface area contributed by atoms with Crippen LogP contribution >= 0.6 is 22.9 Å². The van der Waals surface area contributed by atoms with Crippen LogP contribution in [0, 0.1) is 5.82 Å². The Morgan fingerprint density at radius 3 is 2.66 bits per heavy atom. The van der Waals surface area contributed by atoms with E-state index in [9.17, 15) is 9.18 Å². The van der Waals surface area contributed by atoms with Gasteiger partial charge in [-0.3, -0.25) is 14.5 Å². The molecule has 1 N–H and O–H groups in total. The van der Waals surface area contributed by atoms with Gasteiger partial charge in [0.15, 0.2) is 0 Å². The number of carbonyl (C=O) groups excluding carboxylic acids is 1. The van der Waals surface area contributed by atoms with Crippen LogP contribution in [0.4, 0.5) is 4.39 Å². The Bertz CT molecular complexity index is 949. The van der Waals surface area contributed by atoms with E-state index in [1.54, 1.807) is 24.4 Å². The lowest BCUT2D eigenvalue weighted by Crippen LogP contribution is -2.24. The van der Waals surface area contributed by atoms with Crippen LogP contribution in [0.1, 0.15) is 33.5 Å². The topological polar surface area (TPSA) is 54.5 Å². The van der Waals surface area contributed by atoms with E-state index in [0.29, 0.717) is 37.0 Å². The molecule has 0 saturated carbocycles. The molecule has 0 bridgehead atoms. The lowest BCUT2D eigenvalue weighted by Gasteiger charge is -2.21. The smallest absolute Gasteiger partial charge is 0.288 e. The maximum atomic E-state index is 13.2. The molecule has 0 atom stereocenters. The van der Waals surface area contributed by atoms with Gasteiger partial charge in [0, 0.05) is 23.5 Å². The standard InChI is InChI=1S/C21H21ClFN3O2S/c1-2-28-25-21(27)19-14-29-20(24-19)13-26(11-15-6-8-18(23)9-7-15)12-16-4-3-5-17(22)10-16/h3-10,14H,2,11-13H2,1H3,(H,25,27). The van der Waals surface area contributed by atoms with Crippen LogP contribution < -0.4 is 5.48 Å². The van der Waals surface area contributed by atoms with Crippen LogP contribution in [-0.2, 0) is 24.5 Å². The van der Waals surface area contributed by atoms with Crippen molar-refractivity contribution in [1.29, 1.82) is 0 Å². The fourth-order valence-corrected chi connectivity index (χ4v) is 3.81. The van der Waals surface area contributed by atoms with E-state index in [1.165, 1.54) is 23.5 Å². The molecule has 0 fully saturated rings. The summed E-state index contributed by atoms with van der Waals surface area (Å²) in [5.74, 6) is -0.630. The quantitative estimate of drug-likeness (QED) is 0.491. The minimum Gasteiger partial charge on any atom is -0.288 e. The molecule has 2 aromatic carbocycles. The first-order valence-electron chi connectivity index (χ1n) is 9.11. The van der Waals surface area contributed by atoms with Gasteiger partial charge in [0.05, 0.1) is 13.2 Å². The molecule has 0 aliphatic rings. The maximum Gasteiger partial charge on any atom is 0.294 e. The van der Waals surface area contributed by atoms with Gasteiger partial charge in [-0.2, -0.15) is 0 Å². The maximum absolute atomic E-state index is 13.2. The molecule has 8 heteroatoms. The zero-order valence-corrected chi connectivity index (χ0v) is 17.5. The van der Waals surface area contributed by atoms with E-state index < -0.39 is 0 Å².